The summed E-state index contributed by atoms with van der Waals surface area (Å²) < 4.78 is 27.8. The summed E-state index contributed by atoms with van der Waals surface area (Å²) >= 11 is 5.91. The van der Waals surface area contributed by atoms with Crippen LogP contribution in [0.3, 0.4) is 0 Å². The number of nitrogens with zero attached hydrogens (tertiary/aromatic N) is 1. The van der Waals surface area contributed by atoms with Crippen LogP contribution in [0.2, 0.25) is 5.02 Å². The lowest BCUT2D eigenvalue weighted by molar-refractivity contribution is 0.0950. The summed E-state index contributed by atoms with van der Waals surface area (Å²) in [7, 11) is 0.0554. The van der Waals surface area contributed by atoms with Gasteiger partial charge in [-0.1, -0.05) is 35.9 Å². The lowest BCUT2D eigenvalue weighted by atomic mass is 10.1. The van der Waals surface area contributed by atoms with E-state index in [0.717, 1.165) is 11.3 Å². The van der Waals surface area contributed by atoms with Gasteiger partial charge in [-0.05, 0) is 54.1 Å². The lowest BCUT2D eigenvalue weighted by Gasteiger charge is -2.13. The van der Waals surface area contributed by atoms with E-state index in [9.17, 15) is 13.2 Å². The van der Waals surface area contributed by atoms with Crippen LogP contribution in [0.1, 0.15) is 15.9 Å². The van der Waals surface area contributed by atoms with Crippen molar-refractivity contribution in [3.8, 4) is 0 Å². The van der Waals surface area contributed by atoms with Gasteiger partial charge in [-0.2, -0.15) is 0 Å². The van der Waals surface area contributed by atoms with Crippen molar-refractivity contribution in [1.82, 2.24) is 5.32 Å². The molecule has 0 aliphatic rings. The normalized spacial score (nSPS) is 11.0. The van der Waals surface area contributed by atoms with Crippen molar-refractivity contribution in [3.63, 3.8) is 0 Å². The van der Waals surface area contributed by atoms with Crippen molar-refractivity contribution in [2.75, 3.05) is 23.7 Å². The van der Waals surface area contributed by atoms with E-state index in [2.05, 4.69) is 10.0 Å². The Bertz CT molecular complexity index is 1150. The van der Waals surface area contributed by atoms with Gasteiger partial charge in [0.25, 0.3) is 15.9 Å². The Hall–Kier alpha value is -3.03. The van der Waals surface area contributed by atoms with Gasteiger partial charge in [0.15, 0.2) is 0 Å². The number of nitrogens with one attached hydrogen (secondary N) is 2. The van der Waals surface area contributed by atoms with Crippen molar-refractivity contribution in [3.05, 3.63) is 88.9 Å². The number of anilines is 2. The number of sulfonamides is 1. The molecular formula is C22H22ClN3O3S. The highest BCUT2D eigenvalue weighted by atomic mass is 35.5. The number of carbonyl (C=O) groups excluding carboxylic acids is 1. The summed E-state index contributed by atoms with van der Waals surface area (Å²) in [6.07, 6.45) is 0. The first kappa shape index (κ1) is 21.7. The second kappa shape index (κ2) is 9.19. The number of rotatable bonds is 7. The number of amides is 1. The highest BCUT2D eigenvalue weighted by molar-refractivity contribution is 7.92. The molecule has 0 saturated carbocycles. The van der Waals surface area contributed by atoms with E-state index in [4.69, 9.17) is 11.6 Å². The maximum atomic E-state index is 12.7. The van der Waals surface area contributed by atoms with Crippen LogP contribution in [0.15, 0.2) is 77.7 Å². The van der Waals surface area contributed by atoms with Crippen LogP contribution in [0.25, 0.3) is 0 Å². The van der Waals surface area contributed by atoms with E-state index >= 15 is 0 Å². The van der Waals surface area contributed by atoms with Gasteiger partial charge in [0.2, 0.25) is 0 Å². The van der Waals surface area contributed by atoms with Crippen molar-refractivity contribution in [2.24, 2.45) is 0 Å². The van der Waals surface area contributed by atoms with Crippen LogP contribution in [-0.4, -0.2) is 28.4 Å². The zero-order valence-electron chi connectivity index (χ0n) is 16.6. The van der Waals surface area contributed by atoms with Crippen LogP contribution < -0.4 is 14.9 Å². The van der Waals surface area contributed by atoms with Crippen molar-refractivity contribution in [1.29, 1.82) is 0 Å². The molecule has 0 heterocycles. The second-order valence-corrected chi connectivity index (χ2v) is 9.01. The van der Waals surface area contributed by atoms with E-state index in [1.54, 1.807) is 24.3 Å². The van der Waals surface area contributed by atoms with Gasteiger partial charge in [-0.25, -0.2) is 8.42 Å². The van der Waals surface area contributed by atoms with Crippen molar-refractivity contribution in [2.45, 2.75) is 11.4 Å². The summed E-state index contributed by atoms with van der Waals surface area (Å²) in [6, 6.07) is 20.1. The molecule has 0 aliphatic heterocycles. The third kappa shape index (κ3) is 5.52. The second-order valence-electron chi connectivity index (χ2n) is 6.89. The molecule has 1 amide bonds. The number of halogens is 1. The van der Waals surface area contributed by atoms with Crippen LogP contribution in [0.4, 0.5) is 11.4 Å². The summed E-state index contributed by atoms with van der Waals surface area (Å²) in [6.45, 7) is 0.338. The predicted molar refractivity (Wildman–Crippen MR) is 121 cm³/mol. The molecule has 3 rings (SSSR count). The monoisotopic (exact) mass is 443 g/mol. The Morgan fingerprint density at radius 2 is 1.67 bits per heavy atom. The lowest BCUT2D eigenvalue weighted by Crippen LogP contribution is -2.23. The molecule has 0 bridgehead atoms. The molecule has 156 valence electrons. The molecule has 0 aliphatic carbocycles. The summed E-state index contributed by atoms with van der Waals surface area (Å²) in [5, 5.41) is 3.23. The van der Waals surface area contributed by atoms with E-state index in [1.807, 2.05) is 43.3 Å². The largest absolute Gasteiger partial charge is 0.378 e. The van der Waals surface area contributed by atoms with Crippen molar-refractivity contribution < 1.29 is 13.2 Å². The van der Waals surface area contributed by atoms with Crippen LogP contribution >= 0.6 is 11.6 Å². The van der Waals surface area contributed by atoms with Crippen LogP contribution in [0, 0.1) is 0 Å². The number of carbonyl (C=O) groups is 1. The molecule has 0 atom stereocenters. The molecule has 2 N–H and O–H groups in total. The third-order valence-electron chi connectivity index (χ3n) is 4.39. The van der Waals surface area contributed by atoms with Gasteiger partial charge in [0, 0.05) is 36.9 Å². The first-order valence-corrected chi connectivity index (χ1v) is 11.0. The molecular weight excluding hydrogens is 422 g/mol. The van der Waals surface area contributed by atoms with Crippen LogP contribution in [-0.2, 0) is 16.6 Å². The summed E-state index contributed by atoms with van der Waals surface area (Å²) in [5.74, 6) is -0.355. The molecule has 0 fully saturated rings. The molecule has 0 unspecified atom stereocenters. The average Bonchev–Trinajstić information content (AvgIpc) is 2.72. The Morgan fingerprint density at radius 1 is 0.967 bits per heavy atom. The number of hydrogen-bond acceptors (Lipinski definition) is 4. The predicted octanol–water partition coefficient (Wildman–Crippen LogP) is 4.14. The molecule has 6 nitrogen and oxygen atoms in total. The maximum Gasteiger partial charge on any atom is 0.261 e. The highest BCUT2D eigenvalue weighted by Crippen LogP contribution is 2.20. The van der Waals surface area contributed by atoms with E-state index in [-0.39, 0.29) is 16.4 Å². The summed E-state index contributed by atoms with van der Waals surface area (Å²) in [4.78, 5) is 14.5. The fraction of sp³-hybridized carbons (Fsp3) is 0.136. The van der Waals surface area contributed by atoms with E-state index in [1.165, 1.54) is 24.3 Å². The minimum absolute atomic E-state index is 0.00883. The average molecular weight is 444 g/mol. The van der Waals surface area contributed by atoms with Gasteiger partial charge in [-0.15, -0.1) is 0 Å². The minimum atomic E-state index is -3.86. The first-order valence-electron chi connectivity index (χ1n) is 9.17. The van der Waals surface area contributed by atoms with Gasteiger partial charge < -0.3 is 10.2 Å². The van der Waals surface area contributed by atoms with E-state index < -0.39 is 10.0 Å². The van der Waals surface area contributed by atoms with E-state index in [0.29, 0.717) is 17.3 Å². The fourth-order valence-electron chi connectivity index (χ4n) is 2.77. The molecule has 30 heavy (non-hydrogen) atoms. The quantitative estimate of drug-likeness (QED) is 0.575. The Morgan fingerprint density at radius 3 is 2.33 bits per heavy atom. The molecule has 0 radical (unpaired) electrons. The number of benzene rings is 3. The van der Waals surface area contributed by atoms with Gasteiger partial charge in [0.05, 0.1) is 10.6 Å². The zero-order valence-corrected chi connectivity index (χ0v) is 18.2. The third-order valence-corrected chi connectivity index (χ3v) is 6.00. The maximum absolute atomic E-state index is 12.7. The topological polar surface area (TPSA) is 78.5 Å². The van der Waals surface area contributed by atoms with Gasteiger partial charge >= 0.3 is 0 Å². The zero-order chi connectivity index (χ0) is 21.7. The molecule has 0 spiro atoms. The van der Waals surface area contributed by atoms with Gasteiger partial charge in [-0.3, -0.25) is 9.52 Å². The highest BCUT2D eigenvalue weighted by Gasteiger charge is 2.16. The molecule has 3 aromatic carbocycles. The smallest absolute Gasteiger partial charge is 0.261 e. The molecule has 8 heteroatoms. The van der Waals surface area contributed by atoms with Gasteiger partial charge in [0.1, 0.15) is 0 Å². The Labute approximate surface area is 181 Å². The van der Waals surface area contributed by atoms with Crippen molar-refractivity contribution >= 4 is 38.9 Å². The standard InChI is InChI=1S/C22H22ClN3O3S/c1-26(2)20-11-9-16(10-12-20)15-24-22(27)17-5-3-8-21(13-17)30(28,29)25-19-7-4-6-18(23)14-19/h3-14,25H,15H2,1-2H3,(H,24,27). The Balaban J connectivity index is 1.70. The summed E-state index contributed by atoms with van der Waals surface area (Å²) in [5.41, 5.74) is 2.61. The van der Waals surface area contributed by atoms with Crippen LogP contribution in [0.5, 0.6) is 0 Å². The first-order chi connectivity index (χ1) is 14.2. The fourth-order valence-corrected chi connectivity index (χ4v) is 4.05. The SMILES string of the molecule is CN(C)c1ccc(CNC(=O)c2cccc(S(=O)(=O)Nc3cccc(Cl)c3)c2)cc1. The molecule has 3 aromatic rings. The minimum Gasteiger partial charge on any atom is -0.378 e. The molecule has 0 saturated heterocycles. The Kier molecular flexibility index (Phi) is 6.64. The number of hydrogen-bond donors (Lipinski definition) is 2. The molecule has 0 aromatic heterocycles.